The smallest absolute Gasteiger partial charge is 0.314 e. The maximum Gasteiger partial charge on any atom is 0.314 e. The van der Waals surface area contributed by atoms with Crippen LogP contribution in [0.25, 0.3) is 0 Å². The number of aliphatic hydroxyl groups is 1. The fourth-order valence-electron chi connectivity index (χ4n) is 2.34. The zero-order valence-electron chi connectivity index (χ0n) is 11.1. The monoisotopic (exact) mass is 256 g/mol. The summed E-state index contributed by atoms with van der Waals surface area (Å²) in [5, 5.41) is 15.8. The number of hydrogen-bond donors (Lipinski definition) is 3. The van der Waals surface area contributed by atoms with E-state index in [-0.39, 0.29) is 6.03 Å². The van der Waals surface area contributed by atoms with E-state index < -0.39 is 5.60 Å². The average molecular weight is 256 g/mol. The summed E-state index contributed by atoms with van der Waals surface area (Å²) in [4.78, 5) is 11.7. The highest BCUT2D eigenvalue weighted by molar-refractivity contribution is 5.74. The zero-order valence-corrected chi connectivity index (χ0v) is 11.1. The summed E-state index contributed by atoms with van der Waals surface area (Å²) < 4.78 is 5.20. The van der Waals surface area contributed by atoms with E-state index in [1.807, 2.05) is 0 Å². The molecule has 0 spiro atoms. The minimum atomic E-state index is -0.794. The van der Waals surface area contributed by atoms with E-state index in [0.29, 0.717) is 38.0 Å². The maximum absolute atomic E-state index is 11.7. The van der Waals surface area contributed by atoms with Gasteiger partial charge in [-0.2, -0.15) is 0 Å². The summed E-state index contributed by atoms with van der Waals surface area (Å²) in [6.45, 7) is 4.35. The van der Waals surface area contributed by atoms with E-state index in [4.69, 9.17) is 4.74 Å². The fraction of sp³-hybridized carbons (Fsp3) is 0.923. The standard InChI is InChI=1S/C13H24N2O3/c1-2-12(3-4-12)9-14-11(16)15-10-13(17)5-7-18-8-6-13/h17H,2-10H2,1H3,(H2,14,15,16). The molecular formula is C13H24N2O3. The first-order chi connectivity index (χ1) is 8.58. The second-order valence-corrected chi connectivity index (χ2v) is 5.73. The molecule has 18 heavy (non-hydrogen) atoms. The second-order valence-electron chi connectivity index (χ2n) is 5.73. The van der Waals surface area contributed by atoms with Gasteiger partial charge in [0, 0.05) is 39.1 Å². The van der Waals surface area contributed by atoms with Crippen LogP contribution in [0.5, 0.6) is 0 Å². The number of ether oxygens (including phenoxy) is 1. The number of nitrogens with one attached hydrogen (secondary N) is 2. The van der Waals surface area contributed by atoms with E-state index in [2.05, 4.69) is 17.6 Å². The third-order valence-corrected chi connectivity index (χ3v) is 4.33. The summed E-state index contributed by atoms with van der Waals surface area (Å²) >= 11 is 0. The quantitative estimate of drug-likeness (QED) is 0.687. The lowest BCUT2D eigenvalue weighted by Gasteiger charge is -2.32. The Morgan fingerprint density at radius 1 is 1.17 bits per heavy atom. The van der Waals surface area contributed by atoms with Crippen molar-refractivity contribution in [1.82, 2.24) is 10.6 Å². The molecule has 0 radical (unpaired) electrons. The molecule has 1 saturated carbocycles. The molecule has 5 heteroatoms. The summed E-state index contributed by atoms with van der Waals surface area (Å²) in [7, 11) is 0. The molecular weight excluding hydrogens is 232 g/mol. The summed E-state index contributed by atoms with van der Waals surface area (Å²) in [5.74, 6) is 0. The number of rotatable bonds is 5. The van der Waals surface area contributed by atoms with Crippen molar-refractivity contribution >= 4 is 6.03 Å². The molecule has 0 unspecified atom stereocenters. The molecule has 2 fully saturated rings. The first-order valence-corrected chi connectivity index (χ1v) is 6.89. The minimum Gasteiger partial charge on any atom is -0.388 e. The van der Waals surface area contributed by atoms with Crippen LogP contribution >= 0.6 is 0 Å². The van der Waals surface area contributed by atoms with Crippen molar-refractivity contribution in [2.75, 3.05) is 26.3 Å². The molecule has 1 saturated heterocycles. The van der Waals surface area contributed by atoms with Crippen LogP contribution in [0.1, 0.15) is 39.0 Å². The first kappa shape index (κ1) is 13.6. The molecule has 2 aliphatic rings. The molecule has 1 aliphatic carbocycles. The second kappa shape index (κ2) is 5.45. The van der Waals surface area contributed by atoms with E-state index in [0.717, 1.165) is 13.0 Å². The Morgan fingerprint density at radius 2 is 1.78 bits per heavy atom. The Hall–Kier alpha value is -0.810. The molecule has 0 atom stereocenters. The van der Waals surface area contributed by atoms with Gasteiger partial charge < -0.3 is 20.5 Å². The van der Waals surface area contributed by atoms with Gasteiger partial charge in [-0.1, -0.05) is 6.92 Å². The maximum atomic E-state index is 11.7. The van der Waals surface area contributed by atoms with E-state index in [9.17, 15) is 9.90 Å². The lowest BCUT2D eigenvalue weighted by Crippen LogP contribution is -2.49. The minimum absolute atomic E-state index is 0.172. The highest BCUT2D eigenvalue weighted by atomic mass is 16.5. The van der Waals surface area contributed by atoms with Crippen molar-refractivity contribution in [1.29, 1.82) is 0 Å². The molecule has 1 heterocycles. The van der Waals surface area contributed by atoms with Crippen LogP contribution in [0.4, 0.5) is 4.79 Å². The Labute approximate surface area is 108 Å². The SMILES string of the molecule is CCC1(CNC(=O)NCC2(O)CCOCC2)CC1. The van der Waals surface area contributed by atoms with Crippen LogP contribution < -0.4 is 10.6 Å². The first-order valence-electron chi connectivity index (χ1n) is 6.89. The summed E-state index contributed by atoms with van der Waals surface area (Å²) in [6.07, 6.45) is 4.73. The number of amides is 2. The Morgan fingerprint density at radius 3 is 2.33 bits per heavy atom. The van der Waals surface area contributed by atoms with Gasteiger partial charge in [0.05, 0.1) is 5.60 Å². The Balaban J connectivity index is 1.65. The Bertz CT molecular complexity index is 297. The molecule has 3 N–H and O–H groups in total. The fourth-order valence-corrected chi connectivity index (χ4v) is 2.34. The van der Waals surface area contributed by atoms with Gasteiger partial charge in [-0.25, -0.2) is 4.79 Å². The number of carbonyl (C=O) groups is 1. The molecule has 104 valence electrons. The lowest BCUT2D eigenvalue weighted by molar-refractivity contribution is -0.0600. The van der Waals surface area contributed by atoms with Crippen LogP contribution in [0.2, 0.25) is 0 Å². The van der Waals surface area contributed by atoms with E-state index in [1.54, 1.807) is 0 Å². The molecule has 0 aromatic heterocycles. The molecule has 5 nitrogen and oxygen atoms in total. The van der Waals surface area contributed by atoms with Gasteiger partial charge in [0.1, 0.15) is 0 Å². The third kappa shape index (κ3) is 3.59. The van der Waals surface area contributed by atoms with Gasteiger partial charge >= 0.3 is 6.03 Å². The molecule has 2 amide bonds. The molecule has 0 aromatic rings. The third-order valence-electron chi connectivity index (χ3n) is 4.33. The van der Waals surface area contributed by atoms with Gasteiger partial charge in [-0.15, -0.1) is 0 Å². The summed E-state index contributed by atoms with van der Waals surface area (Å²) in [5.41, 5.74) is -0.440. The van der Waals surface area contributed by atoms with Crippen LogP contribution in [0.3, 0.4) is 0 Å². The Kier molecular flexibility index (Phi) is 4.12. The van der Waals surface area contributed by atoms with Crippen molar-refractivity contribution in [3.63, 3.8) is 0 Å². The van der Waals surface area contributed by atoms with E-state index >= 15 is 0 Å². The van der Waals surface area contributed by atoms with Crippen LogP contribution in [0.15, 0.2) is 0 Å². The van der Waals surface area contributed by atoms with Crippen molar-refractivity contribution in [3.05, 3.63) is 0 Å². The van der Waals surface area contributed by atoms with E-state index in [1.165, 1.54) is 12.8 Å². The topological polar surface area (TPSA) is 70.6 Å². The zero-order chi connectivity index (χ0) is 13.1. The van der Waals surface area contributed by atoms with Gasteiger partial charge in [-0.05, 0) is 24.7 Å². The molecule has 2 rings (SSSR count). The van der Waals surface area contributed by atoms with Crippen molar-refractivity contribution < 1.29 is 14.6 Å². The van der Waals surface area contributed by atoms with Gasteiger partial charge in [-0.3, -0.25) is 0 Å². The van der Waals surface area contributed by atoms with Gasteiger partial charge in [0.25, 0.3) is 0 Å². The summed E-state index contributed by atoms with van der Waals surface area (Å²) in [6, 6.07) is -0.172. The largest absolute Gasteiger partial charge is 0.388 e. The van der Waals surface area contributed by atoms with Crippen LogP contribution in [0, 0.1) is 5.41 Å². The highest BCUT2D eigenvalue weighted by Gasteiger charge is 2.40. The van der Waals surface area contributed by atoms with Crippen molar-refractivity contribution in [2.24, 2.45) is 5.41 Å². The number of hydrogen-bond acceptors (Lipinski definition) is 3. The average Bonchev–Trinajstić information content (AvgIpc) is 3.16. The number of carbonyl (C=O) groups excluding carboxylic acids is 1. The predicted molar refractivity (Wildman–Crippen MR) is 68.4 cm³/mol. The van der Waals surface area contributed by atoms with Gasteiger partial charge in [0.2, 0.25) is 0 Å². The highest BCUT2D eigenvalue weighted by Crippen LogP contribution is 2.47. The lowest BCUT2D eigenvalue weighted by atomic mass is 9.94. The van der Waals surface area contributed by atoms with Crippen molar-refractivity contribution in [3.8, 4) is 0 Å². The number of urea groups is 1. The molecule has 0 bridgehead atoms. The predicted octanol–water partition coefficient (Wildman–Crippen LogP) is 1.02. The van der Waals surface area contributed by atoms with Crippen molar-refractivity contribution in [2.45, 2.75) is 44.6 Å². The molecule has 1 aliphatic heterocycles. The van der Waals surface area contributed by atoms with Gasteiger partial charge in [0.15, 0.2) is 0 Å². The van der Waals surface area contributed by atoms with Crippen LogP contribution in [-0.2, 0) is 4.74 Å². The normalized spacial score (nSPS) is 24.3. The van der Waals surface area contributed by atoms with Crippen LogP contribution in [-0.4, -0.2) is 43.0 Å². The molecule has 0 aromatic carbocycles.